The van der Waals surface area contributed by atoms with Crippen LogP contribution in [0.2, 0.25) is 0 Å². The number of carbonyl (C=O) groups is 1. The molecule has 0 bridgehead atoms. The van der Waals surface area contributed by atoms with E-state index in [4.69, 9.17) is 0 Å². The van der Waals surface area contributed by atoms with E-state index in [-0.39, 0.29) is 5.91 Å². The number of fused-ring (bicyclic) bond motifs is 1. The molecule has 1 amide bonds. The zero-order valence-electron chi connectivity index (χ0n) is 12.1. The number of hydrogen-bond donors (Lipinski definition) is 1. The lowest BCUT2D eigenvalue weighted by atomic mass is 10.1. The van der Waals surface area contributed by atoms with Crippen LogP contribution in [0.25, 0.3) is 11.0 Å². The molecule has 5 nitrogen and oxygen atoms in total. The van der Waals surface area contributed by atoms with E-state index in [1.54, 1.807) is 6.33 Å². The number of amides is 1. The van der Waals surface area contributed by atoms with Crippen molar-refractivity contribution in [3.8, 4) is 0 Å². The molecule has 2 atom stereocenters. The van der Waals surface area contributed by atoms with Crippen LogP contribution in [0.15, 0.2) is 24.5 Å². The van der Waals surface area contributed by atoms with Gasteiger partial charge in [-0.2, -0.15) is 0 Å². The minimum Gasteiger partial charge on any atom is -0.345 e. The summed E-state index contributed by atoms with van der Waals surface area (Å²) in [6.07, 6.45) is 1.65. The van der Waals surface area contributed by atoms with E-state index in [0.717, 1.165) is 29.7 Å². The fourth-order valence-corrected chi connectivity index (χ4v) is 2.82. The van der Waals surface area contributed by atoms with E-state index in [0.29, 0.717) is 12.1 Å². The molecule has 1 aliphatic heterocycles. The van der Waals surface area contributed by atoms with Crippen molar-refractivity contribution in [3.05, 3.63) is 30.1 Å². The van der Waals surface area contributed by atoms with E-state index in [2.05, 4.69) is 35.8 Å². The zero-order chi connectivity index (χ0) is 14.3. The minimum atomic E-state index is 0.105. The number of piperazine rings is 1. The van der Waals surface area contributed by atoms with Gasteiger partial charge in [-0.25, -0.2) is 4.98 Å². The summed E-state index contributed by atoms with van der Waals surface area (Å²) in [7, 11) is 2.12. The van der Waals surface area contributed by atoms with Crippen molar-refractivity contribution in [1.29, 1.82) is 0 Å². The lowest BCUT2D eigenvalue weighted by Gasteiger charge is -2.42. The molecule has 1 saturated heterocycles. The number of imidazole rings is 1. The molecular formula is C15H20N4O. The average molecular weight is 272 g/mol. The Labute approximate surface area is 118 Å². The predicted molar refractivity (Wildman–Crippen MR) is 78.7 cm³/mol. The third kappa shape index (κ3) is 2.18. The van der Waals surface area contributed by atoms with Gasteiger partial charge in [-0.15, -0.1) is 0 Å². The number of aromatic amines is 1. The molecule has 0 spiro atoms. The number of nitrogens with zero attached hydrogens (tertiary/aromatic N) is 3. The first-order chi connectivity index (χ1) is 9.56. The Bertz CT molecular complexity index is 624. The standard InChI is InChI=1S/C15H20N4O/c1-10-7-19(8-11(2)18(10)3)15(20)12-4-5-13-14(6-12)17-9-16-13/h4-6,9-11H,7-8H2,1-3H3,(H,16,17). The predicted octanol–water partition coefficient (Wildman–Crippen LogP) is 1.73. The van der Waals surface area contributed by atoms with Crippen LogP contribution in [0, 0.1) is 0 Å². The Morgan fingerprint density at radius 1 is 1.30 bits per heavy atom. The van der Waals surface area contributed by atoms with Gasteiger partial charge in [0, 0.05) is 30.7 Å². The molecule has 2 heterocycles. The maximum absolute atomic E-state index is 12.6. The molecule has 3 rings (SSSR count). The highest BCUT2D eigenvalue weighted by Crippen LogP contribution is 2.18. The highest BCUT2D eigenvalue weighted by atomic mass is 16.2. The lowest BCUT2D eigenvalue weighted by Crippen LogP contribution is -2.56. The van der Waals surface area contributed by atoms with Crippen molar-refractivity contribution in [2.75, 3.05) is 20.1 Å². The topological polar surface area (TPSA) is 52.2 Å². The van der Waals surface area contributed by atoms with Crippen LogP contribution in [0.1, 0.15) is 24.2 Å². The molecule has 1 fully saturated rings. The fraction of sp³-hybridized carbons (Fsp3) is 0.467. The summed E-state index contributed by atoms with van der Waals surface area (Å²) in [5.74, 6) is 0.105. The number of rotatable bonds is 1. The molecule has 1 aliphatic rings. The summed E-state index contributed by atoms with van der Waals surface area (Å²) >= 11 is 0. The van der Waals surface area contributed by atoms with Gasteiger partial charge in [0.2, 0.25) is 0 Å². The minimum absolute atomic E-state index is 0.105. The van der Waals surface area contributed by atoms with Crippen LogP contribution < -0.4 is 0 Å². The van der Waals surface area contributed by atoms with Crippen LogP contribution in [0.4, 0.5) is 0 Å². The molecule has 5 heteroatoms. The summed E-state index contributed by atoms with van der Waals surface area (Å²) in [5, 5.41) is 0. The lowest BCUT2D eigenvalue weighted by molar-refractivity contribution is 0.0414. The summed E-state index contributed by atoms with van der Waals surface area (Å²) in [6, 6.07) is 6.41. The Morgan fingerprint density at radius 2 is 2.00 bits per heavy atom. The van der Waals surface area contributed by atoms with Crippen LogP contribution in [-0.4, -0.2) is 57.9 Å². The van der Waals surface area contributed by atoms with Gasteiger partial charge in [0.1, 0.15) is 0 Å². The molecule has 1 N–H and O–H groups in total. The molecule has 1 aromatic heterocycles. The molecular weight excluding hydrogens is 252 g/mol. The van der Waals surface area contributed by atoms with E-state index in [9.17, 15) is 4.79 Å². The SMILES string of the molecule is CC1CN(C(=O)c2ccc3nc[nH]c3c2)CC(C)N1C. The smallest absolute Gasteiger partial charge is 0.254 e. The average Bonchev–Trinajstić information content (AvgIpc) is 2.90. The third-order valence-electron chi connectivity index (χ3n) is 4.31. The molecule has 0 saturated carbocycles. The Kier molecular flexibility index (Phi) is 3.22. The molecule has 20 heavy (non-hydrogen) atoms. The van der Waals surface area contributed by atoms with Crippen molar-refractivity contribution in [2.45, 2.75) is 25.9 Å². The van der Waals surface area contributed by atoms with Gasteiger partial charge >= 0.3 is 0 Å². The first kappa shape index (κ1) is 13.1. The summed E-state index contributed by atoms with van der Waals surface area (Å²) in [4.78, 5) is 24.1. The maximum atomic E-state index is 12.6. The van der Waals surface area contributed by atoms with Gasteiger partial charge in [0.15, 0.2) is 0 Å². The second kappa shape index (κ2) is 4.90. The van der Waals surface area contributed by atoms with Crippen molar-refractivity contribution in [1.82, 2.24) is 19.8 Å². The van der Waals surface area contributed by atoms with Gasteiger partial charge in [-0.1, -0.05) is 0 Å². The maximum Gasteiger partial charge on any atom is 0.254 e. The second-order valence-electron chi connectivity index (χ2n) is 5.71. The molecule has 0 aliphatic carbocycles. The van der Waals surface area contributed by atoms with Gasteiger partial charge in [-0.05, 0) is 39.1 Å². The van der Waals surface area contributed by atoms with Crippen molar-refractivity contribution in [2.24, 2.45) is 0 Å². The Hall–Kier alpha value is -1.88. The highest BCUT2D eigenvalue weighted by molar-refractivity contribution is 5.97. The van der Waals surface area contributed by atoms with Crippen LogP contribution in [0.3, 0.4) is 0 Å². The largest absolute Gasteiger partial charge is 0.345 e. The monoisotopic (exact) mass is 272 g/mol. The van der Waals surface area contributed by atoms with Gasteiger partial charge in [0.05, 0.1) is 17.4 Å². The number of aromatic nitrogens is 2. The number of benzene rings is 1. The van der Waals surface area contributed by atoms with E-state index in [1.165, 1.54) is 0 Å². The van der Waals surface area contributed by atoms with Gasteiger partial charge < -0.3 is 9.88 Å². The van der Waals surface area contributed by atoms with Gasteiger partial charge in [-0.3, -0.25) is 9.69 Å². The van der Waals surface area contributed by atoms with Crippen molar-refractivity contribution < 1.29 is 4.79 Å². The van der Waals surface area contributed by atoms with Crippen molar-refractivity contribution >= 4 is 16.9 Å². The number of carbonyl (C=O) groups excluding carboxylic acids is 1. The van der Waals surface area contributed by atoms with Crippen LogP contribution in [0.5, 0.6) is 0 Å². The number of nitrogens with one attached hydrogen (secondary N) is 1. The Balaban J connectivity index is 1.84. The molecule has 2 unspecified atom stereocenters. The molecule has 2 aromatic rings. The van der Waals surface area contributed by atoms with Crippen LogP contribution >= 0.6 is 0 Å². The Morgan fingerprint density at radius 3 is 2.70 bits per heavy atom. The second-order valence-corrected chi connectivity index (χ2v) is 5.71. The number of hydrogen-bond acceptors (Lipinski definition) is 3. The van der Waals surface area contributed by atoms with Crippen molar-refractivity contribution in [3.63, 3.8) is 0 Å². The van der Waals surface area contributed by atoms with E-state index < -0.39 is 0 Å². The normalized spacial score (nSPS) is 24.2. The summed E-state index contributed by atoms with van der Waals surface area (Å²) in [6.45, 7) is 5.88. The quantitative estimate of drug-likeness (QED) is 0.860. The first-order valence-electron chi connectivity index (χ1n) is 7.00. The van der Waals surface area contributed by atoms with Gasteiger partial charge in [0.25, 0.3) is 5.91 Å². The molecule has 1 aromatic carbocycles. The first-order valence-corrected chi connectivity index (χ1v) is 7.00. The number of likely N-dealkylation sites (N-methyl/N-ethyl adjacent to an activating group) is 1. The molecule has 0 radical (unpaired) electrons. The third-order valence-corrected chi connectivity index (χ3v) is 4.31. The highest BCUT2D eigenvalue weighted by Gasteiger charge is 2.29. The summed E-state index contributed by atoms with van der Waals surface area (Å²) in [5.41, 5.74) is 2.53. The fourth-order valence-electron chi connectivity index (χ4n) is 2.82. The van der Waals surface area contributed by atoms with Crippen LogP contribution in [-0.2, 0) is 0 Å². The summed E-state index contributed by atoms with van der Waals surface area (Å²) < 4.78 is 0. The van der Waals surface area contributed by atoms with E-state index >= 15 is 0 Å². The number of H-pyrrole nitrogens is 1. The zero-order valence-corrected chi connectivity index (χ0v) is 12.1. The van der Waals surface area contributed by atoms with E-state index in [1.807, 2.05) is 23.1 Å². The molecule has 106 valence electrons.